The fraction of sp³-hybridized carbons (Fsp3) is 0.909. The lowest BCUT2D eigenvalue weighted by Gasteiger charge is -2.22. The average Bonchev–Trinajstić information content (AvgIpc) is 2.13. The molecule has 0 fully saturated rings. The van der Waals surface area contributed by atoms with Gasteiger partial charge in [0, 0.05) is 6.92 Å². The number of rotatable bonds is 7. The Morgan fingerprint density at radius 2 is 1.82 bits per heavy atom. The van der Waals surface area contributed by atoms with Crippen molar-refractivity contribution in [3.63, 3.8) is 0 Å². The number of hydrogen-bond acceptors (Lipinski definition) is 5. The zero-order valence-corrected chi connectivity index (χ0v) is 12.2. The number of hydrogen-bond donors (Lipinski definition) is 0. The minimum atomic E-state index is -3.75. The van der Waals surface area contributed by atoms with Gasteiger partial charge in [0.05, 0.1) is 13.2 Å². The molecular formula is C11H23O5P. The predicted molar refractivity (Wildman–Crippen MR) is 65.6 cm³/mol. The second-order valence-corrected chi connectivity index (χ2v) is 6.64. The van der Waals surface area contributed by atoms with Gasteiger partial charge in [0.15, 0.2) is 0 Å². The summed E-state index contributed by atoms with van der Waals surface area (Å²) in [6.07, 6.45) is 1.64. The number of unbranched alkanes of at least 4 members (excludes halogenated alkanes) is 1. The molecule has 0 aromatic carbocycles. The second kappa shape index (κ2) is 7.14. The van der Waals surface area contributed by atoms with Crippen molar-refractivity contribution in [2.45, 2.75) is 47.5 Å². The molecule has 0 N–H and O–H groups in total. The number of phosphoric acid groups is 1. The maximum atomic E-state index is 12.1. The van der Waals surface area contributed by atoms with Gasteiger partial charge >= 0.3 is 13.8 Å². The molecule has 0 spiro atoms. The zero-order chi connectivity index (χ0) is 13.5. The molecule has 0 aromatic rings. The Bertz CT molecular complexity index is 282. The lowest BCUT2D eigenvalue weighted by molar-refractivity contribution is -0.134. The van der Waals surface area contributed by atoms with Gasteiger partial charge in [-0.05, 0) is 11.8 Å². The van der Waals surface area contributed by atoms with Crippen LogP contribution >= 0.6 is 7.82 Å². The monoisotopic (exact) mass is 266 g/mol. The van der Waals surface area contributed by atoms with E-state index >= 15 is 0 Å². The molecule has 1 unspecified atom stereocenters. The number of carbonyl (C=O) groups excluding carboxylic acids is 1. The van der Waals surface area contributed by atoms with Gasteiger partial charge < -0.3 is 4.52 Å². The van der Waals surface area contributed by atoms with Crippen molar-refractivity contribution in [1.82, 2.24) is 0 Å². The van der Waals surface area contributed by atoms with E-state index in [9.17, 15) is 9.36 Å². The molecule has 5 nitrogen and oxygen atoms in total. The largest absolute Gasteiger partial charge is 0.532 e. The van der Waals surface area contributed by atoms with Gasteiger partial charge in [0.1, 0.15) is 0 Å². The van der Waals surface area contributed by atoms with Crippen LogP contribution in [0.1, 0.15) is 47.5 Å². The Hall–Kier alpha value is -0.380. The third-order valence-corrected chi connectivity index (χ3v) is 3.07. The highest BCUT2D eigenvalue weighted by atomic mass is 31.2. The van der Waals surface area contributed by atoms with Crippen LogP contribution in [-0.4, -0.2) is 19.2 Å². The Morgan fingerprint density at radius 3 is 2.24 bits per heavy atom. The molecule has 0 aliphatic rings. The van der Waals surface area contributed by atoms with Crippen LogP contribution in [0.2, 0.25) is 0 Å². The normalized spacial score (nSPS) is 15.4. The minimum absolute atomic E-state index is 0.177. The molecule has 102 valence electrons. The minimum Gasteiger partial charge on any atom is -0.371 e. The number of carbonyl (C=O) groups is 1. The van der Waals surface area contributed by atoms with Gasteiger partial charge in [-0.15, -0.1) is 0 Å². The van der Waals surface area contributed by atoms with Crippen molar-refractivity contribution in [2.24, 2.45) is 5.41 Å². The maximum Gasteiger partial charge on any atom is 0.532 e. The molecular weight excluding hydrogens is 243 g/mol. The van der Waals surface area contributed by atoms with Gasteiger partial charge in [0.2, 0.25) is 0 Å². The fourth-order valence-electron chi connectivity index (χ4n) is 0.841. The van der Waals surface area contributed by atoms with Crippen molar-refractivity contribution < 1.29 is 22.9 Å². The Labute approximate surface area is 103 Å². The zero-order valence-electron chi connectivity index (χ0n) is 11.3. The molecule has 0 rings (SSSR count). The van der Waals surface area contributed by atoms with Crippen molar-refractivity contribution in [3.05, 3.63) is 0 Å². The van der Waals surface area contributed by atoms with E-state index in [4.69, 9.17) is 9.05 Å². The smallest absolute Gasteiger partial charge is 0.371 e. The summed E-state index contributed by atoms with van der Waals surface area (Å²) >= 11 is 0. The lowest BCUT2D eigenvalue weighted by atomic mass is 9.99. The van der Waals surface area contributed by atoms with Crippen molar-refractivity contribution in [3.8, 4) is 0 Å². The maximum absolute atomic E-state index is 12.1. The van der Waals surface area contributed by atoms with Gasteiger partial charge in [0.25, 0.3) is 0 Å². The lowest BCUT2D eigenvalue weighted by Crippen LogP contribution is -2.16. The molecule has 0 bridgehead atoms. The van der Waals surface area contributed by atoms with Crippen LogP contribution in [0.3, 0.4) is 0 Å². The topological polar surface area (TPSA) is 61.8 Å². The Kier molecular flexibility index (Phi) is 6.98. The summed E-state index contributed by atoms with van der Waals surface area (Å²) in [7, 11) is -3.75. The van der Waals surface area contributed by atoms with Crippen molar-refractivity contribution >= 4 is 13.8 Å². The first-order valence-electron chi connectivity index (χ1n) is 5.78. The summed E-state index contributed by atoms with van der Waals surface area (Å²) in [4.78, 5) is 10.9. The molecule has 0 aromatic heterocycles. The van der Waals surface area contributed by atoms with Crippen LogP contribution in [0.15, 0.2) is 0 Å². The van der Waals surface area contributed by atoms with Gasteiger partial charge in [-0.3, -0.25) is 13.8 Å². The quantitative estimate of drug-likeness (QED) is 0.521. The molecule has 0 aliphatic heterocycles. The average molecular weight is 266 g/mol. The molecule has 1 atom stereocenters. The van der Waals surface area contributed by atoms with E-state index in [1.165, 1.54) is 6.92 Å². The molecule has 6 heteroatoms. The van der Waals surface area contributed by atoms with Crippen molar-refractivity contribution in [2.75, 3.05) is 13.2 Å². The van der Waals surface area contributed by atoms with Gasteiger partial charge in [-0.2, -0.15) is 0 Å². The first-order chi connectivity index (χ1) is 7.68. The summed E-state index contributed by atoms with van der Waals surface area (Å²) in [5.41, 5.74) is -0.177. The molecule has 17 heavy (non-hydrogen) atoms. The highest BCUT2D eigenvalue weighted by Gasteiger charge is 2.31. The molecule has 0 saturated carbocycles. The first kappa shape index (κ1) is 16.6. The second-order valence-electron chi connectivity index (χ2n) is 5.05. The van der Waals surface area contributed by atoms with Crippen LogP contribution in [0, 0.1) is 5.41 Å². The first-order valence-corrected chi connectivity index (χ1v) is 7.24. The number of phosphoric ester groups is 1. The fourth-order valence-corrected chi connectivity index (χ4v) is 2.23. The van der Waals surface area contributed by atoms with E-state index in [0.29, 0.717) is 0 Å². The third kappa shape index (κ3) is 9.33. The van der Waals surface area contributed by atoms with E-state index in [1.807, 2.05) is 27.7 Å². The van der Waals surface area contributed by atoms with Crippen LogP contribution in [0.25, 0.3) is 0 Å². The molecule has 0 heterocycles. The molecule has 0 aliphatic carbocycles. The standard InChI is InChI=1S/C11H23O5P/c1-6-7-8-14-17(13,16-10(2)12)15-9-11(3,4)5/h6-9H2,1-5H3. The van der Waals surface area contributed by atoms with Crippen molar-refractivity contribution in [1.29, 1.82) is 0 Å². The van der Waals surface area contributed by atoms with E-state index in [2.05, 4.69) is 4.52 Å². The molecule has 0 saturated heterocycles. The van der Waals surface area contributed by atoms with Crippen LogP contribution in [0.4, 0.5) is 0 Å². The molecule has 0 radical (unpaired) electrons. The SMILES string of the molecule is CCCCOP(=O)(OCC(C)(C)C)OC(C)=O. The summed E-state index contributed by atoms with van der Waals surface area (Å²) < 4.78 is 26.9. The van der Waals surface area contributed by atoms with Gasteiger partial charge in [-0.1, -0.05) is 34.1 Å². The highest BCUT2D eigenvalue weighted by Crippen LogP contribution is 2.50. The van der Waals surface area contributed by atoms with Gasteiger partial charge in [-0.25, -0.2) is 4.57 Å². The molecule has 0 amide bonds. The van der Waals surface area contributed by atoms with E-state index in [0.717, 1.165) is 12.8 Å². The summed E-state index contributed by atoms with van der Waals surface area (Å²) in [5, 5.41) is 0. The van der Waals surface area contributed by atoms with E-state index < -0.39 is 13.8 Å². The van der Waals surface area contributed by atoms with Crippen LogP contribution in [0.5, 0.6) is 0 Å². The third-order valence-electron chi connectivity index (χ3n) is 1.64. The highest BCUT2D eigenvalue weighted by molar-refractivity contribution is 7.49. The Balaban J connectivity index is 4.39. The summed E-state index contributed by atoms with van der Waals surface area (Å²) in [6.45, 7) is 9.40. The Morgan fingerprint density at radius 1 is 1.24 bits per heavy atom. The van der Waals surface area contributed by atoms with E-state index in [-0.39, 0.29) is 18.6 Å². The summed E-state index contributed by atoms with van der Waals surface area (Å²) in [6, 6.07) is 0. The van der Waals surface area contributed by atoms with Crippen LogP contribution < -0.4 is 0 Å². The van der Waals surface area contributed by atoms with E-state index in [1.54, 1.807) is 0 Å². The summed E-state index contributed by atoms with van der Waals surface area (Å²) in [5.74, 6) is -0.668. The van der Waals surface area contributed by atoms with Crippen LogP contribution in [-0.2, 0) is 22.9 Å². The predicted octanol–water partition coefficient (Wildman–Crippen LogP) is 3.54.